The second kappa shape index (κ2) is 7.21. The summed E-state index contributed by atoms with van der Waals surface area (Å²) in [5.41, 5.74) is 4.96. The summed E-state index contributed by atoms with van der Waals surface area (Å²) in [6.07, 6.45) is 6.85. The smallest absolute Gasteiger partial charge is 0.199 e. The molecule has 0 aromatic heterocycles. The summed E-state index contributed by atoms with van der Waals surface area (Å²) >= 11 is 0. The number of anilines is 1. The monoisotopic (exact) mass is 380 g/mol. The predicted molar refractivity (Wildman–Crippen MR) is 117 cm³/mol. The molecule has 0 bridgehead atoms. The molecule has 0 amide bonds. The summed E-state index contributed by atoms with van der Waals surface area (Å²) in [7, 11) is -1.81. The number of hydrogen-bond donors (Lipinski definition) is 0. The third-order valence-corrected chi connectivity index (χ3v) is 9.55. The zero-order chi connectivity index (χ0) is 19.0. The molecule has 142 valence electrons. The number of benzene rings is 1. The SMILES string of the molecule is CC[N+](CC)=C1C=CC2=Nc3ccc(N4CCOCC4)cc3[Si](C)(C)C2=C1. The van der Waals surface area contributed by atoms with Gasteiger partial charge in [-0.3, -0.25) is 0 Å². The topological polar surface area (TPSA) is 27.8 Å². The minimum atomic E-state index is -1.81. The van der Waals surface area contributed by atoms with Crippen LogP contribution in [0, 0.1) is 0 Å². The first-order valence-corrected chi connectivity index (χ1v) is 13.1. The van der Waals surface area contributed by atoms with Crippen LogP contribution in [0.1, 0.15) is 13.8 Å². The number of ether oxygens (including phenoxy) is 1. The fourth-order valence-corrected chi connectivity index (χ4v) is 7.19. The number of aliphatic imine (C=N–C) groups is 1. The van der Waals surface area contributed by atoms with Gasteiger partial charge in [-0.2, -0.15) is 0 Å². The molecule has 2 heterocycles. The normalized spacial score (nSPS) is 20.6. The van der Waals surface area contributed by atoms with Crippen LogP contribution in [0.3, 0.4) is 0 Å². The summed E-state index contributed by atoms with van der Waals surface area (Å²) in [6, 6.07) is 6.85. The van der Waals surface area contributed by atoms with Crippen LogP contribution >= 0.6 is 0 Å². The van der Waals surface area contributed by atoms with Crippen LogP contribution < -0.4 is 10.1 Å². The Labute approximate surface area is 163 Å². The highest BCUT2D eigenvalue weighted by Gasteiger charge is 2.38. The molecular formula is C22H30N3OSi+. The molecule has 1 aromatic rings. The van der Waals surface area contributed by atoms with E-state index in [0.29, 0.717) is 0 Å². The second-order valence-electron chi connectivity index (χ2n) is 7.91. The van der Waals surface area contributed by atoms with E-state index >= 15 is 0 Å². The van der Waals surface area contributed by atoms with Crippen molar-refractivity contribution in [3.05, 3.63) is 41.6 Å². The number of rotatable bonds is 3. The molecule has 0 atom stereocenters. The number of hydrogen-bond acceptors (Lipinski definition) is 3. The van der Waals surface area contributed by atoms with Gasteiger partial charge in [-0.25, -0.2) is 9.57 Å². The summed E-state index contributed by atoms with van der Waals surface area (Å²) in [5.74, 6) is 0. The third kappa shape index (κ3) is 3.23. The lowest BCUT2D eigenvalue weighted by molar-refractivity contribution is -0.519. The van der Waals surface area contributed by atoms with E-state index in [1.807, 2.05) is 0 Å². The Morgan fingerprint density at radius 3 is 2.56 bits per heavy atom. The van der Waals surface area contributed by atoms with E-state index in [1.165, 1.54) is 21.8 Å². The highest BCUT2D eigenvalue weighted by molar-refractivity contribution is 7.01. The number of fused-ring (bicyclic) bond motifs is 2. The molecule has 4 rings (SSSR count). The quantitative estimate of drug-likeness (QED) is 0.458. The highest BCUT2D eigenvalue weighted by atomic mass is 28.3. The van der Waals surface area contributed by atoms with E-state index in [4.69, 9.17) is 9.73 Å². The molecule has 1 fully saturated rings. The lowest BCUT2D eigenvalue weighted by Gasteiger charge is -2.35. The first-order valence-electron chi connectivity index (χ1n) is 10.1. The van der Waals surface area contributed by atoms with Crippen LogP contribution in [0.25, 0.3) is 0 Å². The Morgan fingerprint density at radius 2 is 1.85 bits per heavy atom. The van der Waals surface area contributed by atoms with E-state index in [-0.39, 0.29) is 0 Å². The Morgan fingerprint density at radius 1 is 1.11 bits per heavy atom. The summed E-state index contributed by atoms with van der Waals surface area (Å²) < 4.78 is 7.94. The van der Waals surface area contributed by atoms with Gasteiger partial charge in [0.05, 0.1) is 24.6 Å². The maximum Gasteiger partial charge on any atom is 0.199 e. The average Bonchev–Trinajstić information content (AvgIpc) is 2.70. The van der Waals surface area contributed by atoms with E-state index in [1.54, 1.807) is 0 Å². The van der Waals surface area contributed by atoms with Gasteiger partial charge in [-0.1, -0.05) is 13.1 Å². The highest BCUT2D eigenvalue weighted by Crippen LogP contribution is 2.32. The minimum absolute atomic E-state index is 0.818. The van der Waals surface area contributed by atoms with Crippen LogP contribution in [0.4, 0.5) is 11.4 Å². The van der Waals surface area contributed by atoms with Crippen LogP contribution in [0.15, 0.2) is 46.6 Å². The molecule has 1 aromatic carbocycles. The zero-order valence-electron chi connectivity index (χ0n) is 17.0. The van der Waals surface area contributed by atoms with E-state index in [9.17, 15) is 0 Å². The first kappa shape index (κ1) is 18.4. The number of nitrogens with zero attached hydrogens (tertiary/aromatic N) is 3. The van der Waals surface area contributed by atoms with Crippen molar-refractivity contribution in [2.45, 2.75) is 26.9 Å². The van der Waals surface area contributed by atoms with Crippen molar-refractivity contribution >= 4 is 36.1 Å². The van der Waals surface area contributed by atoms with Crippen LogP contribution in [-0.4, -0.2) is 63.5 Å². The van der Waals surface area contributed by atoms with Crippen LogP contribution in [0.5, 0.6) is 0 Å². The Hall–Kier alpha value is -1.98. The molecule has 5 heteroatoms. The standard InChI is InChI=1S/C22H30N3OSi/c1-5-24(6-2)17-7-9-19-21(15-17)27(3,4)22-16-18(8-10-20(22)23-19)25-11-13-26-14-12-25/h7-10,15-16H,5-6,11-14H2,1-4H3/q+1. The van der Waals surface area contributed by atoms with Gasteiger partial charge in [-0.05, 0) is 48.5 Å². The molecule has 2 aliphatic heterocycles. The van der Waals surface area contributed by atoms with Gasteiger partial charge in [0.25, 0.3) is 0 Å². The van der Waals surface area contributed by atoms with Crippen molar-refractivity contribution in [2.24, 2.45) is 4.99 Å². The van der Waals surface area contributed by atoms with E-state index in [2.05, 4.69) is 72.8 Å². The summed E-state index contributed by atoms with van der Waals surface area (Å²) in [6.45, 7) is 15.0. The second-order valence-corrected chi connectivity index (χ2v) is 12.2. The third-order valence-electron chi connectivity index (χ3n) is 6.05. The van der Waals surface area contributed by atoms with Gasteiger partial charge in [0.1, 0.15) is 21.2 Å². The molecule has 0 N–H and O–H groups in total. The molecule has 1 saturated heterocycles. The van der Waals surface area contributed by atoms with Crippen molar-refractivity contribution in [1.29, 1.82) is 0 Å². The van der Waals surface area contributed by atoms with Gasteiger partial charge in [0.2, 0.25) is 0 Å². The molecule has 4 nitrogen and oxygen atoms in total. The summed E-state index contributed by atoms with van der Waals surface area (Å²) in [4.78, 5) is 7.46. The number of morpholine rings is 1. The Bertz CT molecular complexity index is 868. The number of allylic oxidation sites excluding steroid dienone is 4. The molecule has 0 unspecified atom stereocenters. The van der Waals surface area contributed by atoms with Crippen molar-refractivity contribution in [3.63, 3.8) is 0 Å². The van der Waals surface area contributed by atoms with Crippen LogP contribution in [0.2, 0.25) is 13.1 Å². The Balaban J connectivity index is 1.79. The fraction of sp³-hybridized carbons (Fsp3) is 0.455. The Kier molecular flexibility index (Phi) is 4.91. The molecule has 0 spiro atoms. The molecule has 1 aliphatic carbocycles. The summed E-state index contributed by atoms with van der Waals surface area (Å²) in [5, 5.41) is 2.91. The lowest BCUT2D eigenvalue weighted by atomic mass is 10.1. The van der Waals surface area contributed by atoms with Gasteiger partial charge in [0.15, 0.2) is 5.71 Å². The van der Waals surface area contributed by atoms with Crippen LogP contribution in [-0.2, 0) is 4.74 Å². The average molecular weight is 381 g/mol. The van der Waals surface area contributed by atoms with Crippen molar-refractivity contribution in [2.75, 3.05) is 44.3 Å². The van der Waals surface area contributed by atoms with Gasteiger partial charge < -0.3 is 9.64 Å². The zero-order valence-corrected chi connectivity index (χ0v) is 18.0. The maximum atomic E-state index is 5.52. The predicted octanol–water partition coefficient (Wildman–Crippen LogP) is 3.05. The molecule has 0 saturated carbocycles. The molecule has 3 aliphatic rings. The van der Waals surface area contributed by atoms with Gasteiger partial charge in [0, 0.05) is 30.9 Å². The fourth-order valence-electron chi connectivity index (χ4n) is 4.32. The van der Waals surface area contributed by atoms with Crippen molar-refractivity contribution in [3.8, 4) is 0 Å². The molecule has 27 heavy (non-hydrogen) atoms. The maximum absolute atomic E-state index is 5.52. The van der Waals surface area contributed by atoms with Gasteiger partial charge >= 0.3 is 0 Å². The van der Waals surface area contributed by atoms with Crippen molar-refractivity contribution in [1.82, 2.24) is 0 Å². The largest absolute Gasteiger partial charge is 0.378 e. The minimum Gasteiger partial charge on any atom is -0.378 e. The lowest BCUT2D eigenvalue weighted by Crippen LogP contribution is -2.50. The van der Waals surface area contributed by atoms with Crippen molar-refractivity contribution < 1.29 is 9.31 Å². The molecule has 0 radical (unpaired) electrons. The van der Waals surface area contributed by atoms with E-state index in [0.717, 1.165) is 50.8 Å². The van der Waals surface area contributed by atoms with Gasteiger partial charge in [-0.15, -0.1) is 0 Å². The molecular weight excluding hydrogens is 350 g/mol. The first-order chi connectivity index (χ1) is 13.0. The van der Waals surface area contributed by atoms with E-state index < -0.39 is 8.07 Å².